The molecule has 0 saturated carbocycles. The lowest BCUT2D eigenvalue weighted by atomic mass is 9.94. The fraction of sp³-hybridized carbons (Fsp3) is 0.571. The van der Waals surface area contributed by atoms with Gasteiger partial charge in [0, 0.05) is 44.4 Å². The van der Waals surface area contributed by atoms with Crippen molar-refractivity contribution in [3.63, 3.8) is 0 Å². The number of rotatable bonds is 5. The molecule has 0 unspecified atom stereocenters. The van der Waals surface area contributed by atoms with Gasteiger partial charge in [0.2, 0.25) is 0 Å². The highest BCUT2D eigenvalue weighted by atomic mass is 16.5. The summed E-state index contributed by atoms with van der Waals surface area (Å²) in [5.74, 6) is 0.673. The van der Waals surface area contributed by atoms with E-state index < -0.39 is 5.60 Å². The number of ether oxygens (including phenoxy) is 2. The molecule has 0 atom stereocenters. The smallest absolute Gasteiger partial charge is 0.144 e. The van der Waals surface area contributed by atoms with Gasteiger partial charge in [-0.3, -0.25) is 0 Å². The number of nitrogens with one attached hydrogen (secondary N) is 1. The Morgan fingerprint density at radius 2 is 2.16 bits per heavy atom. The first-order valence-corrected chi connectivity index (χ1v) is 6.69. The summed E-state index contributed by atoms with van der Waals surface area (Å²) in [7, 11) is 0. The zero-order valence-corrected chi connectivity index (χ0v) is 11.3. The summed E-state index contributed by atoms with van der Waals surface area (Å²) in [6.45, 7) is 4.24. The van der Waals surface area contributed by atoms with Crippen molar-refractivity contribution in [1.82, 2.24) is 0 Å². The van der Waals surface area contributed by atoms with E-state index in [4.69, 9.17) is 15.2 Å². The molecule has 1 aliphatic rings. The monoisotopic (exact) mass is 266 g/mol. The Balaban J connectivity index is 1.97. The molecule has 5 nitrogen and oxygen atoms in total. The van der Waals surface area contributed by atoms with Gasteiger partial charge in [-0.2, -0.15) is 0 Å². The van der Waals surface area contributed by atoms with E-state index >= 15 is 0 Å². The van der Waals surface area contributed by atoms with Gasteiger partial charge in [-0.15, -0.1) is 0 Å². The SMILES string of the molecule is CCOc1cc(NCC2(O)CCOCC2)ccc1N. The Morgan fingerprint density at radius 3 is 2.84 bits per heavy atom. The van der Waals surface area contributed by atoms with Crippen LogP contribution in [0.25, 0.3) is 0 Å². The van der Waals surface area contributed by atoms with Crippen LogP contribution in [0.5, 0.6) is 5.75 Å². The van der Waals surface area contributed by atoms with Crippen LogP contribution in [0.15, 0.2) is 18.2 Å². The molecule has 1 aliphatic heterocycles. The molecule has 1 fully saturated rings. The minimum absolute atomic E-state index is 0.506. The van der Waals surface area contributed by atoms with Gasteiger partial charge in [0.05, 0.1) is 17.9 Å². The Labute approximate surface area is 113 Å². The van der Waals surface area contributed by atoms with E-state index in [2.05, 4.69) is 5.32 Å². The van der Waals surface area contributed by atoms with E-state index in [-0.39, 0.29) is 0 Å². The Morgan fingerprint density at radius 1 is 1.42 bits per heavy atom. The number of aliphatic hydroxyl groups is 1. The molecule has 1 heterocycles. The summed E-state index contributed by atoms with van der Waals surface area (Å²) in [4.78, 5) is 0. The Kier molecular flexibility index (Phi) is 4.50. The first-order valence-electron chi connectivity index (χ1n) is 6.69. The molecule has 0 aromatic heterocycles. The van der Waals surface area contributed by atoms with Gasteiger partial charge in [-0.05, 0) is 19.1 Å². The van der Waals surface area contributed by atoms with Gasteiger partial charge >= 0.3 is 0 Å². The van der Waals surface area contributed by atoms with Gasteiger partial charge in [0.25, 0.3) is 0 Å². The molecule has 1 aromatic carbocycles. The minimum Gasteiger partial charge on any atom is -0.492 e. The number of benzene rings is 1. The van der Waals surface area contributed by atoms with E-state index in [1.807, 2.05) is 19.1 Å². The highest BCUT2D eigenvalue weighted by Crippen LogP contribution is 2.27. The van der Waals surface area contributed by atoms with Gasteiger partial charge in [0.15, 0.2) is 0 Å². The molecule has 0 aliphatic carbocycles. The molecule has 19 heavy (non-hydrogen) atoms. The molecule has 0 spiro atoms. The normalized spacial score (nSPS) is 18.0. The lowest BCUT2D eigenvalue weighted by Gasteiger charge is -2.32. The van der Waals surface area contributed by atoms with E-state index in [0.717, 1.165) is 5.69 Å². The van der Waals surface area contributed by atoms with Crippen molar-refractivity contribution >= 4 is 11.4 Å². The third kappa shape index (κ3) is 3.75. The molecule has 1 saturated heterocycles. The lowest BCUT2D eigenvalue weighted by Crippen LogP contribution is -2.42. The second-order valence-electron chi connectivity index (χ2n) is 4.88. The van der Waals surface area contributed by atoms with Crippen molar-refractivity contribution < 1.29 is 14.6 Å². The van der Waals surface area contributed by atoms with Crippen LogP contribution in [0.4, 0.5) is 11.4 Å². The maximum absolute atomic E-state index is 10.4. The number of hydrogen-bond donors (Lipinski definition) is 3. The number of anilines is 2. The van der Waals surface area contributed by atoms with Crippen molar-refractivity contribution in [3.8, 4) is 5.75 Å². The van der Waals surface area contributed by atoms with Gasteiger partial charge in [-0.25, -0.2) is 0 Å². The maximum Gasteiger partial charge on any atom is 0.144 e. The zero-order chi connectivity index (χ0) is 13.7. The predicted octanol–water partition coefficient (Wildman–Crippen LogP) is 1.62. The molecule has 0 radical (unpaired) electrons. The van der Waals surface area contributed by atoms with Crippen molar-refractivity contribution in [3.05, 3.63) is 18.2 Å². The van der Waals surface area contributed by atoms with Crippen molar-refractivity contribution in [2.75, 3.05) is 37.4 Å². The molecule has 106 valence electrons. The average molecular weight is 266 g/mol. The number of hydrogen-bond acceptors (Lipinski definition) is 5. The molecular weight excluding hydrogens is 244 g/mol. The number of nitrogen functional groups attached to an aromatic ring is 1. The Bertz CT molecular complexity index is 417. The molecular formula is C14H22N2O3. The second-order valence-corrected chi connectivity index (χ2v) is 4.88. The van der Waals surface area contributed by atoms with Crippen LogP contribution in [0.1, 0.15) is 19.8 Å². The molecule has 1 aromatic rings. The Hall–Kier alpha value is -1.46. The summed E-state index contributed by atoms with van der Waals surface area (Å²) < 4.78 is 10.7. The quantitative estimate of drug-likeness (QED) is 0.706. The maximum atomic E-state index is 10.4. The van der Waals surface area contributed by atoms with E-state index in [1.165, 1.54) is 0 Å². The largest absolute Gasteiger partial charge is 0.492 e. The van der Waals surface area contributed by atoms with Crippen LogP contribution in [-0.4, -0.2) is 37.1 Å². The first kappa shape index (κ1) is 14.0. The fourth-order valence-electron chi connectivity index (χ4n) is 2.12. The summed E-state index contributed by atoms with van der Waals surface area (Å²) in [6.07, 6.45) is 1.32. The van der Waals surface area contributed by atoms with Crippen LogP contribution >= 0.6 is 0 Å². The molecule has 0 amide bonds. The number of nitrogens with two attached hydrogens (primary N) is 1. The topological polar surface area (TPSA) is 76.7 Å². The van der Waals surface area contributed by atoms with Gasteiger partial charge in [0.1, 0.15) is 5.75 Å². The second kappa shape index (κ2) is 6.12. The molecule has 5 heteroatoms. The summed E-state index contributed by atoms with van der Waals surface area (Å²) in [5.41, 5.74) is 6.66. The van der Waals surface area contributed by atoms with E-state index in [0.29, 0.717) is 50.6 Å². The van der Waals surface area contributed by atoms with Crippen molar-refractivity contribution in [1.29, 1.82) is 0 Å². The van der Waals surface area contributed by atoms with Crippen molar-refractivity contribution in [2.24, 2.45) is 0 Å². The summed E-state index contributed by atoms with van der Waals surface area (Å²) in [5, 5.41) is 13.6. The van der Waals surface area contributed by atoms with Gasteiger partial charge < -0.3 is 25.6 Å². The van der Waals surface area contributed by atoms with Crippen molar-refractivity contribution in [2.45, 2.75) is 25.4 Å². The lowest BCUT2D eigenvalue weighted by molar-refractivity contribution is -0.0543. The minimum atomic E-state index is -0.689. The third-order valence-electron chi connectivity index (χ3n) is 3.36. The van der Waals surface area contributed by atoms with Crippen LogP contribution in [-0.2, 0) is 4.74 Å². The highest BCUT2D eigenvalue weighted by molar-refractivity contribution is 5.61. The van der Waals surface area contributed by atoms with E-state index in [1.54, 1.807) is 6.07 Å². The first-order chi connectivity index (χ1) is 9.13. The molecule has 2 rings (SSSR count). The van der Waals surface area contributed by atoms with Crippen LogP contribution in [0.2, 0.25) is 0 Å². The standard InChI is InChI=1S/C14H22N2O3/c1-2-19-13-9-11(3-4-12(13)15)16-10-14(17)5-7-18-8-6-14/h3-4,9,16-17H,2,5-8,10,15H2,1H3. The van der Waals surface area contributed by atoms with Crippen LogP contribution in [0.3, 0.4) is 0 Å². The highest BCUT2D eigenvalue weighted by Gasteiger charge is 2.29. The predicted molar refractivity (Wildman–Crippen MR) is 75.5 cm³/mol. The van der Waals surface area contributed by atoms with Gasteiger partial charge in [-0.1, -0.05) is 0 Å². The fourth-order valence-corrected chi connectivity index (χ4v) is 2.12. The summed E-state index contributed by atoms with van der Waals surface area (Å²) >= 11 is 0. The zero-order valence-electron chi connectivity index (χ0n) is 11.3. The van der Waals surface area contributed by atoms with E-state index in [9.17, 15) is 5.11 Å². The molecule has 0 bridgehead atoms. The third-order valence-corrected chi connectivity index (χ3v) is 3.36. The van der Waals surface area contributed by atoms with Crippen LogP contribution in [0, 0.1) is 0 Å². The summed E-state index contributed by atoms with van der Waals surface area (Å²) in [6, 6.07) is 5.56. The van der Waals surface area contributed by atoms with Crippen LogP contribution < -0.4 is 15.8 Å². The average Bonchev–Trinajstić information content (AvgIpc) is 2.41. The molecule has 4 N–H and O–H groups in total.